The first kappa shape index (κ1) is 16.9. The summed E-state index contributed by atoms with van der Waals surface area (Å²) in [6.45, 7) is 6.74. The molecule has 0 saturated carbocycles. The van der Waals surface area contributed by atoms with E-state index >= 15 is 0 Å². The number of hydrogen-bond donors (Lipinski definition) is 1. The van der Waals surface area contributed by atoms with E-state index < -0.39 is 12.7 Å². The van der Waals surface area contributed by atoms with Crippen LogP contribution in [0.2, 0.25) is 0 Å². The van der Waals surface area contributed by atoms with E-state index in [2.05, 4.69) is 15.6 Å². The molecule has 1 heterocycles. The van der Waals surface area contributed by atoms with Crippen molar-refractivity contribution in [3.05, 3.63) is 11.9 Å². The molecule has 1 rings (SSSR count). The third-order valence-corrected chi connectivity index (χ3v) is 2.87. The SMILES string of the molecule is CCNCc1cn(CCN(CC(F)(F)F)C(C)C)nn1. The van der Waals surface area contributed by atoms with Crippen molar-refractivity contribution in [2.45, 2.75) is 46.1 Å². The van der Waals surface area contributed by atoms with E-state index in [9.17, 15) is 13.2 Å². The molecule has 0 amide bonds. The lowest BCUT2D eigenvalue weighted by Gasteiger charge is -2.27. The Morgan fingerprint density at radius 3 is 2.65 bits per heavy atom. The molecule has 0 aromatic carbocycles. The van der Waals surface area contributed by atoms with Gasteiger partial charge in [-0.25, -0.2) is 0 Å². The zero-order chi connectivity index (χ0) is 15.2. The van der Waals surface area contributed by atoms with Crippen LogP contribution in [0.25, 0.3) is 0 Å². The molecule has 0 bridgehead atoms. The fraction of sp³-hybridized carbons (Fsp3) is 0.833. The molecule has 0 aliphatic carbocycles. The molecule has 5 nitrogen and oxygen atoms in total. The molecule has 0 aliphatic heterocycles. The second kappa shape index (κ2) is 7.58. The van der Waals surface area contributed by atoms with E-state index in [-0.39, 0.29) is 6.04 Å². The van der Waals surface area contributed by atoms with Crippen LogP contribution in [-0.4, -0.2) is 51.7 Å². The molecule has 1 aromatic rings. The van der Waals surface area contributed by atoms with Crippen molar-refractivity contribution in [2.75, 3.05) is 19.6 Å². The quantitative estimate of drug-likeness (QED) is 0.792. The highest BCUT2D eigenvalue weighted by atomic mass is 19.4. The third kappa shape index (κ3) is 6.33. The number of halogens is 3. The smallest absolute Gasteiger partial charge is 0.311 e. The van der Waals surface area contributed by atoms with Crippen LogP contribution in [0.15, 0.2) is 6.20 Å². The second-order valence-corrected chi connectivity index (χ2v) is 4.93. The standard InChI is InChI=1S/C12H22F3N5/c1-4-16-7-11-8-20(18-17-11)6-5-19(10(2)3)9-12(13,14)15/h8,10,16H,4-7,9H2,1-3H3. The van der Waals surface area contributed by atoms with Gasteiger partial charge in [0.05, 0.1) is 18.8 Å². The van der Waals surface area contributed by atoms with Crippen LogP contribution in [0, 0.1) is 0 Å². The highest BCUT2D eigenvalue weighted by Gasteiger charge is 2.31. The topological polar surface area (TPSA) is 46.0 Å². The summed E-state index contributed by atoms with van der Waals surface area (Å²) in [7, 11) is 0. The van der Waals surface area contributed by atoms with Crippen LogP contribution in [0.4, 0.5) is 13.2 Å². The van der Waals surface area contributed by atoms with Crippen molar-refractivity contribution in [1.82, 2.24) is 25.2 Å². The molecular formula is C12H22F3N5. The molecule has 0 saturated heterocycles. The highest BCUT2D eigenvalue weighted by Crippen LogP contribution is 2.17. The number of nitrogens with one attached hydrogen (secondary N) is 1. The third-order valence-electron chi connectivity index (χ3n) is 2.87. The lowest BCUT2D eigenvalue weighted by Crippen LogP contribution is -2.40. The molecule has 0 unspecified atom stereocenters. The summed E-state index contributed by atoms with van der Waals surface area (Å²) in [6.07, 6.45) is -2.42. The van der Waals surface area contributed by atoms with E-state index in [1.807, 2.05) is 6.92 Å². The van der Waals surface area contributed by atoms with Crippen molar-refractivity contribution in [2.24, 2.45) is 0 Å². The maximum atomic E-state index is 12.5. The van der Waals surface area contributed by atoms with Gasteiger partial charge in [-0.2, -0.15) is 13.2 Å². The first-order chi connectivity index (χ1) is 9.31. The van der Waals surface area contributed by atoms with Crippen molar-refractivity contribution < 1.29 is 13.2 Å². The van der Waals surface area contributed by atoms with E-state index in [0.29, 0.717) is 19.6 Å². The lowest BCUT2D eigenvalue weighted by atomic mass is 10.3. The van der Waals surface area contributed by atoms with Gasteiger partial charge in [0.15, 0.2) is 0 Å². The van der Waals surface area contributed by atoms with Gasteiger partial charge in [-0.15, -0.1) is 5.10 Å². The zero-order valence-corrected chi connectivity index (χ0v) is 12.1. The lowest BCUT2D eigenvalue weighted by molar-refractivity contribution is -0.149. The maximum absolute atomic E-state index is 12.5. The Balaban J connectivity index is 2.48. The van der Waals surface area contributed by atoms with Gasteiger partial charge in [-0.05, 0) is 20.4 Å². The van der Waals surface area contributed by atoms with E-state index in [0.717, 1.165) is 12.2 Å². The number of nitrogens with zero attached hydrogens (tertiary/aromatic N) is 4. The summed E-state index contributed by atoms with van der Waals surface area (Å²) in [6, 6.07) is -0.165. The average Bonchev–Trinajstić information content (AvgIpc) is 2.78. The fourth-order valence-corrected chi connectivity index (χ4v) is 1.76. The number of alkyl halides is 3. The normalized spacial score (nSPS) is 12.6. The summed E-state index contributed by atoms with van der Waals surface area (Å²) >= 11 is 0. The van der Waals surface area contributed by atoms with E-state index in [1.54, 1.807) is 24.7 Å². The van der Waals surface area contributed by atoms with Crippen LogP contribution in [-0.2, 0) is 13.1 Å². The minimum Gasteiger partial charge on any atom is -0.311 e. The first-order valence-electron chi connectivity index (χ1n) is 6.72. The Morgan fingerprint density at radius 1 is 1.40 bits per heavy atom. The van der Waals surface area contributed by atoms with Gasteiger partial charge in [-0.3, -0.25) is 9.58 Å². The summed E-state index contributed by atoms with van der Waals surface area (Å²) < 4.78 is 38.9. The zero-order valence-electron chi connectivity index (χ0n) is 12.1. The van der Waals surface area contributed by atoms with Gasteiger partial charge < -0.3 is 5.32 Å². The molecule has 0 fully saturated rings. The number of aromatic nitrogens is 3. The summed E-state index contributed by atoms with van der Waals surface area (Å²) in [4.78, 5) is 1.38. The van der Waals surface area contributed by atoms with E-state index in [1.165, 1.54) is 4.90 Å². The Kier molecular flexibility index (Phi) is 6.41. The average molecular weight is 293 g/mol. The monoisotopic (exact) mass is 293 g/mol. The predicted octanol–water partition coefficient (Wildman–Crippen LogP) is 1.66. The van der Waals surface area contributed by atoms with Gasteiger partial charge >= 0.3 is 6.18 Å². The number of hydrogen-bond acceptors (Lipinski definition) is 4. The van der Waals surface area contributed by atoms with Crippen molar-refractivity contribution >= 4 is 0 Å². The van der Waals surface area contributed by atoms with E-state index in [4.69, 9.17) is 0 Å². The molecule has 20 heavy (non-hydrogen) atoms. The molecule has 116 valence electrons. The van der Waals surface area contributed by atoms with Crippen LogP contribution in [0.3, 0.4) is 0 Å². The Morgan fingerprint density at radius 2 is 2.10 bits per heavy atom. The molecule has 8 heteroatoms. The first-order valence-corrected chi connectivity index (χ1v) is 6.72. The summed E-state index contributed by atoms with van der Waals surface area (Å²) in [5.41, 5.74) is 0.791. The van der Waals surface area contributed by atoms with Crippen molar-refractivity contribution in [3.63, 3.8) is 0 Å². The second-order valence-electron chi connectivity index (χ2n) is 4.93. The maximum Gasteiger partial charge on any atom is 0.401 e. The molecular weight excluding hydrogens is 271 g/mol. The predicted molar refractivity (Wildman–Crippen MR) is 70.2 cm³/mol. The van der Waals surface area contributed by atoms with Crippen LogP contribution >= 0.6 is 0 Å². The molecule has 1 aromatic heterocycles. The summed E-state index contributed by atoms with van der Waals surface area (Å²) in [5.74, 6) is 0. The largest absolute Gasteiger partial charge is 0.401 e. The minimum absolute atomic E-state index is 0.165. The fourth-order valence-electron chi connectivity index (χ4n) is 1.76. The van der Waals surface area contributed by atoms with Gasteiger partial charge in [0.1, 0.15) is 0 Å². The Labute approximate surface area is 117 Å². The van der Waals surface area contributed by atoms with Crippen LogP contribution in [0.5, 0.6) is 0 Å². The minimum atomic E-state index is -4.18. The highest BCUT2D eigenvalue weighted by molar-refractivity contribution is 4.91. The van der Waals surface area contributed by atoms with Crippen molar-refractivity contribution in [3.8, 4) is 0 Å². The molecule has 1 N–H and O–H groups in total. The molecule has 0 atom stereocenters. The Bertz CT molecular complexity index is 389. The number of rotatable bonds is 8. The van der Waals surface area contributed by atoms with Crippen molar-refractivity contribution in [1.29, 1.82) is 0 Å². The molecule has 0 radical (unpaired) electrons. The van der Waals surface area contributed by atoms with Gasteiger partial charge in [0.25, 0.3) is 0 Å². The van der Waals surface area contributed by atoms with Crippen LogP contribution < -0.4 is 5.32 Å². The van der Waals surface area contributed by atoms with Crippen LogP contribution in [0.1, 0.15) is 26.5 Å². The molecule has 0 spiro atoms. The summed E-state index contributed by atoms with van der Waals surface area (Å²) in [5, 5.41) is 11.0. The molecule has 0 aliphatic rings. The van der Waals surface area contributed by atoms with Gasteiger partial charge in [0.2, 0.25) is 0 Å². The Hall–Kier alpha value is -1.15. The van der Waals surface area contributed by atoms with Gasteiger partial charge in [0, 0.05) is 25.3 Å². The van der Waals surface area contributed by atoms with Gasteiger partial charge in [-0.1, -0.05) is 12.1 Å².